The molecule has 3 aromatic rings. The Morgan fingerprint density at radius 3 is 2.19 bits per heavy atom. The maximum absolute atomic E-state index is 14.2. The molecule has 42 heavy (non-hydrogen) atoms. The van der Waals surface area contributed by atoms with E-state index in [1.54, 1.807) is 42.5 Å². The molecule has 0 aromatic heterocycles. The maximum Gasteiger partial charge on any atom is 0.264 e. The molecule has 0 radical (unpaired) electrons. The first-order valence-corrected chi connectivity index (χ1v) is 16.3. The molecule has 0 bridgehead atoms. The van der Waals surface area contributed by atoms with E-state index in [-0.39, 0.29) is 17.3 Å². The third-order valence-corrected chi connectivity index (χ3v) is 9.61. The molecule has 2 amide bonds. The molecule has 1 N–H and O–H groups in total. The van der Waals surface area contributed by atoms with Crippen LogP contribution in [0.25, 0.3) is 0 Å². The van der Waals surface area contributed by atoms with Gasteiger partial charge in [-0.2, -0.15) is 0 Å². The third-order valence-electron chi connectivity index (χ3n) is 7.24. The Hall–Kier alpha value is -3.07. The van der Waals surface area contributed by atoms with E-state index >= 15 is 0 Å². The number of amides is 2. The Balaban J connectivity index is 2.08. The van der Waals surface area contributed by atoms with Crippen LogP contribution in [0.15, 0.2) is 65.6 Å². The van der Waals surface area contributed by atoms with Crippen molar-refractivity contribution < 1.29 is 18.0 Å². The van der Waals surface area contributed by atoms with E-state index in [1.807, 2.05) is 40.7 Å². The largest absolute Gasteiger partial charge is 0.354 e. The van der Waals surface area contributed by atoms with Crippen LogP contribution in [-0.4, -0.2) is 44.3 Å². The lowest BCUT2D eigenvalue weighted by molar-refractivity contribution is -0.140. The van der Waals surface area contributed by atoms with Crippen LogP contribution in [0.3, 0.4) is 0 Å². The normalized spacial score (nSPS) is 12.1. The molecule has 10 heteroatoms. The highest BCUT2D eigenvalue weighted by atomic mass is 35.5. The van der Waals surface area contributed by atoms with Crippen LogP contribution in [0, 0.1) is 20.8 Å². The van der Waals surface area contributed by atoms with Crippen LogP contribution in [0.4, 0.5) is 5.69 Å². The highest BCUT2D eigenvalue weighted by molar-refractivity contribution is 7.92. The molecule has 0 heterocycles. The number of unbranched alkanes of at least 4 members (excludes halogenated alkanes) is 1. The van der Waals surface area contributed by atoms with Crippen LogP contribution in [0.2, 0.25) is 10.0 Å². The first kappa shape index (κ1) is 33.4. The molecule has 0 saturated carbocycles. The topological polar surface area (TPSA) is 86.8 Å². The van der Waals surface area contributed by atoms with Crippen molar-refractivity contribution in [3.05, 3.63) is 93.0 Å². The van der Waals surface area contributed by atoms with Gasteiger partial charge in [-0.05, 0) is 86.7 Å². The van der Waals surface area contributed by atoms with Gasteiger partial charge < -0.3 is 10.2 Å². The van der Waals surface area contributed by atoms with Gasteiger partial charge in [0.05, 0.1) is 10.6 Å². The fourth-order valence-corrected chi connectivity index (χ4v) is 6.38. The predicted octanol–water partition coefficient (Wildman–Crippen LogP) is 6.84. The molecule has 0 aliphatic rings. The van der Waals surface area contributed by atoms with Crippen LogP contribution in [-0.2, 0) is 26.2 Å². The number of nitrogens with zero attached hydrogens (tertiary/aromatic N) is 2. The van der Waals surface area contributed by atoms with Crippen LogP contribution in [0.1, 0.15) is 55.4 Å². The molecule has 0 spiro atoms. The van der Waals surface area contributed by atoms with E-state index in [1.165, 1.54) is 17.0 Å². The summed E-state index contributed by atoms with van der Waals surface area (Å²) in [7, 11) is -4.14. The van der Waals surface area contributed by atoms with Gasteiger partial charge in [0.1, 0.15) is 12.6 Å². The lowest BCUT2D eigenvalue weighted by atomic mass is 10.1. The molecule has 0 fully saturated rings. The number of aryl methyl sites for hydroxylation is 3. The van der Waals surface area contributed by atoms with Crippen molar-refractivity contribution in [3.63, 3.8) is 0 Å². The number of rotatable bonds is 13. The molecule has 3 aromatic carbocycles. The van der Waals surface area contributed by atoms with Crippen molar-refractivity contribution in [1.29, 1.82) is 0 Å². The van der Waals surface area contributed by atoms with Gasteiger partial charge in [0, 0.05) is 23.1 Å². The minimum absolute atomic E-state index is 0.000114. The summed E-state index contributed by atoms with van der Waals surface area (Å²) >= 11 is 12.6. The lowest BCUT2D eigenvalue weighted by Crippen LogP contribution is -2.52. The van der Waals surface area contributed by atoms with E-state index in [0.717, 1.165) is 33.8 Å². The van der Waals surface area contributed by atoms with E-state index in [2.05, 4.69) is 5.32 Å². The van der Waals surface area contributed by atoms with E-state index in [0.29, 0.717) is 34.3 Å². The molecule has 7 nitrogen and oxygen atoms in total. The summed E-state index contributed by atoms with van der Waals surface area (Å²) in [6.45, 7) is 9.51. The Morgan fingerprint density at radius 1 is 0.905 bits per heavy atom. The van der Waals surface area contributed by atoms with E-state index in [4.69, 9.17) is 23.2 Å². The summed E-state index contributed by atoms with van der Waals surface area (Å²) in [6, 6.07) is 15.9. The number of nitrogens with one attached hydrogen (secondary N) is 1. The van der Waals surface area contributed by atoms with Crippen molar-refractivity contribution in [2.45, 2.75) is 71.4 Å². The summed E-state index contributed by atoms with van der Waals surface area (Å²) in [5.41, 5.74) is 3.74. The van der Waals surface area contributed by atoms with Crippen molar-refractivity contribution >= 4 is 50.7 Å². The highest BCUT2D eigenvalue weighted by Gasteiger charge is 2.34. The number of carbonyl (C=O) groups excluding carboxylic acids is 2. The van der Waals surface area contributed by atoms with Gasteiger partial charge in [0.25, 0.3) is 10.0 Å². The van der Waals surface area contributed by atoms with Crippen molar-refractivity contribution in [2.75, 3.05) is 17.4 Å². The highest BCUT2D eigenvalue weighted by Crippen LogP contribution is 2.28. The predicted molar refractivity (Wildman–Crippen MR) is 171 cm³/mol. The summed E-state index contributed by atoms with van der Waals surface area (Å²) < 4.78 is 29.2. The Bertz CT molecular complexity index is 1510. The first-order valence-electron chi connectivity index (χ1n) is 14.1. The third kappa shape index (κ3) is 8.27. The van der Waals surface area contributed by atoms with Crippen LogP contribution >= 0.6 is 23.2 Å². The molecular formula is C32H39Cl2N3O4S. The van der Waals surface area contributed by atoms with Gasteiger partial charge >= 0.3 is 0 Å². The van der Waals surface area contributed by atoms with Crippen LogP contribution in [0.5, 0.6) is 0 Å². The maximum atomic E-state index is 14.2. The lowest BCUT2D eigenvalue weighted by Gasteiger charge is -2.33. The average Bonchev–Trinajstić information content (AvgIpc) is 2.94. The molecule has 0 saturated heterocycles. The Kier molecular flexibility index (Phi) is 11.9. The van der Waals surface area contributed by atoms with Gasteiger partial charge in [-0.3, -0.25) is 13.9 Å². The smallest absolute Gasteiger partial charge is 0.264 e. The monoisotopic (exact) mass is 631 g/mol. The number of sulfonamides is 1. The number of hydrogen-bond donors (Lipinski definition) is 1. The summed E-state index contributed by atoms with van der Waals surface area (Å²) in [5, 5.41) is 3.71. The minimum Gasteiger partial charge on any atom is -0.354 e. The van der Waals surface area contributed by atoms with Gasteiger partial charge in [-0.1, -0.05) is 73.3 Å². The van der Waals surface area contributed by atoms with Crippen molar-refractivity contribution in [3.8, 4) is 0 Å². The molecule has 0 aliphatic heterocycles. The fourth-order valence-electron chi connectivity index (χ4n) is 4.51. The zero-order valence-corrected chi connectivity index (χ0v) is 27.1. The van der Waals surface area contributed by atoms with Gasteiger partial charge in [0.15, 0.2) is 0 Å². The average molecular weight is 633 g/mol. The molecule has 1 atom stereocenters. The quantitative estimate of drug-likeness (QED) is 0.209. The first-order chi connectivity index (χ1) is 19.9. The van der Waals surface area contributed by atoms with Crippen molar-refractivity contribution in [2.24, 2.45) is 0 Å². The summed E-state index contributed by atoms with van der Waals surface area (Å²) in [4.78, 5) is 29.0. The van der Waals surface area contributed by atoms with Gasteiger partial charge in [-0.25, -0.2) is 8.42 Å². The second kappa shape index (κ2) is 14.9. The molecule has 0 aliphatic carbocycles. The number of halogens is 2. The zero-order valence-electron chi connectivity index (χ0n) is 24.8. The SMILES string of the molecule is CCCCNC(=O)[C@H](CC)N(Cc1ccc(Cl)cc1Cl)C(=O)CN(c1ccc(C)c(C)c1)S(=O)(=O)c1ccc(C)cc1. The molecule has 0 unspecified atom stereocenters. The molecule has 226 valence electrons. The fraction of sp³-hybridized carbons (Fsp3) is 0.375. The number of benzene rings is 3. The van der Waals surface area contributed by atoms with E-state index in [9.17, 15) is 18.0 Å². The molecule has 3 rings (SSSR count). The standard InChI is InChI=1S/C32H39Cl2N3O4S/c1-6-8-17-35-32(39)30(7-2)36(20-25-12-13-26(33)19-29(25)34)31(38)21-37(27-14-11-23(4)24(5)18-27)42(40,41)28-15-9-22(3)10-16-28/h9-16,18-19,30H,6-8,17,20-21H2,1-5H3,(H,35,39)/t30-/m0/s1. The van der Waals surface area contributed by atoms with Crippen LogP contribution < -0.4 is 9.62 Å². The Labute approximate surface area is 259 Å². The number of anilines is 1. The number of hydrogen-bond acceptors (Lipinski definition) is 4. The summed E-state index contributed by atoms with van der Waals surface area (Å²) in [5.74, 6) is -0.837. The summed E-state index contributed by atoms with van der Waals surface area (Å²) in [6.07, 6.45) is 2.03. The Morgan fingerprint density at radius 2 is 1.60 bits per heavy atom. The molecular weight excluding hydrogens is 593 g/mol. The second-order valence-electron chi connectivity index (χ2n) is 10.4. The van der Waals surface area contributed by atoms with Gasteiger partial charge in [0.2, 0.25) is 11.8 Å². The van der Waals surface area contributed by atoms with E-state index < -0.39 is 28.5 Å². The zero-order chi connectivity index (χ0) is 31.0. The van der Waals surface area contributed by atoms with Crippen molar-refractivity contribution in [1.82, 2.24) is 10.2 Å². The second-order valence-corrected chi connectivity index (χ2v) is 13.1. The van der Waals surface area contributed by atoms with Gasteiger partial charge in [-0.15, -0.1) is 0 Å². The minimum atomic E-state index is -4.14. The number of carbonyl (C=O) groups is 2.